The van der Waals surface area contributed by atoms with Gasteiger partial charge in [0.05, 0.1) is 23.2 Å². The van der Waals surface area contributed by atoms with Crippen LogP contribution in [0.4, 0.5) is 10.5 Å². The second-order valence-corrected chi connectivity index (χ2v) is 14.1. The predicted molar refractivity (Wildman–Crippen MR) is 160 cm³/mol. The molecule has 4 atom stereocenters. The number of hydrogen-bond donors (Lipinski definition) is 1. The van der Waals surface area contributed by atoms with Gasteiger partial charge in [-0.3, -0.25) is 20.1 Å². The van der Waals surface area contributed by atoms with Gasteiger partial charge in [0.2, 0.25) is 0 Å². The molecule has 0 fully saturated rings. The van der Waals surface area contributed by atoms with Crippen molar-refractivity contribution in [3.63, 3.8) is 0 Å². The number of ether oxygens (including phenoxy) is 3. The van der Waals surface area contributed by atoms with Gasteiger partial charge in [-0.15, -0.1) is 0 Å². The Morgan fingerprint density at radius 2 is 1.21 bits per heavy atom. The van der Waals surface area contributed by atoms with E-state index in [0.29, 0.717) is 43.3 Å². The van der Waals surface area contributed by atoms with Gasteiger partial charge >= 0.3 is 23.2 Å². The standard InChI is InChI=1S/C30H50N6O6.Cu/c1-26(2,3)42-25(39)32-20-12-21-14-35-16-27(4,5)33-23(37)29(8,40-10)19-36(15-22(13-20)31-21)17-28(6,7)34-24(38)30(9,18-35)41-11;/h12-13H,14-19H2,1-11H3,(H3,31,32,33,34,37,38,39);/q;+2/p-2/t29-,30+;. The Hall–Kier alpha value is -2.28. The van der Waals surface area contributed by atoms with Gasteiger partial charge in [0, 0.05) is 46.1 Å². The Labute approximate surface area is 266 Å². The maximum atomic E-state index is 13.7. The van der Waals surface area contributed by atoms with Crippen LogP contribution in [0.25, 0.3) is 10.6 Å². The SMILES string of the molecule is CO[C@]1(C)CN2Cc3cc(NC(=O)OC(C)(C)C)cc(n3)CN(CC(C)(C)[N-]C1=O)C[C@](C)(OC)C(=O)[N-]C(C)(C)C2.[Cu+2]. The smallest absolute Gasteiger partial charge is 0.645 e. The molecule has 1 radical (unpaired) electrons. The number of aromatic nitrogens is 1. The molecular weight excluding hydrogens is 604 g/mol. The monoisotopic (exact) mass is 651 g/mol. The minimum Gasteiger partial charge on any atom is -0.645 e. The van der Waals surface area contributed by atoms with E-state index in [9.17, 15) is 14.4 Å². The fourth-order valence-electron chi connectivity index (χ4n) is 5.34. The van der Waals surface area contributed by atoms with E-state index >= 15 is 0 Å². The van der Waals surface area contributed by atoms with Crippen LogP contribution in [0.15, 0.2) is 12.1 Å². The molecule has 0 saturated carbocycles. The van der Waals surface area contributed by atoms with Crippen LogP contribution in [0, 0.1) is 0 Å². The molecule has 43 heavy (non-hydrogen) atoms. The number of nitrogens with zero attached hydrogens (tertiary/aromatic N) is 5. The normalized spacial score (nSPS) is 29.4. The fourth-order valence-corrected chi connectivity index (χ4v) is 5.34. The summed E-state index contributed by atoms with van der Waals surface area (Å²) in [6, 6.07) is 3.58. The topological polar surface area (TPSA) is 138 Å². The first-order chi connectivity index (χ1) is 19.2. The van der Waals surface area contributed by atoms with E-state index in [2.05, 4.69) is 16.0 Å². The van der Waals surface area contributed by atoms with Crippen LogP contribution in [0.1, 0.15) is 73.7 Å². The third kappa shape index (κ3) is 10.1. The summed E-state index contributed by atoms with van der Waals surface area (Å²) in [6.07, 6.45) is -0.579. The van der Waals surface area contributed by atoms with Crippen molar-refractivity contribution in [1.82, 2.24) is 14.8 Å². The first-order valence-corrected chi connectivity index (χ1v) is 14.3. The molecule has 1 aromatic rings. The quantitative estimate of drug-likeness (QED) is 0.476. The van der Waals surface area contributed by atoms with E-state index in [1.807, 2.05) is 37.5 Å². The van der Waals surface area contributed by atoms with Crippen molar-refractivity contribution in [3.05, 3.63) is 34.2 Å². The minimum atomic E-state index is -1.27. The summed E-state index contributed by atoms with van der Waals surface area (Å²) < 4.78 is 17.1. The third-order valence-corrected chi connectivity index (χ3v) is 7.23. The number of carbonyl (C=O) groups is 3. The summed E-state index contributed by atoms with van der Waals surface area (Å²) in [6.45, 7) is 17.9. The third-order valence-electron chi connectivity index (χ3n) is 7.23. The molecule has 3 amide bonds. The molecule has 12 nitrogen and oxygen atoms in total. The summed E-state index contributed by atoms with van der Waals surface area (Å²) in [4.78, 5) is 49.0. The van der Waals surface area contributed by atoms with Gasteiger partial charge in [-0.1, -0.05) is 38.8 Å². The van der Waals surface area contributed by atoms with E-state index in [1.54, 1.807) is 46.8 Å². The minimum absolute atomic E-state index is 0. The molecule has 1 aromatic heterocycles. The number of carbonyl (C=O) groups excluding carboxylic acids is 3. The van der Waals surface area contributed by atoms with Crippen molar-refractivity contribution in [3.8, 4) is 0 Å². The van der Waals surface area contributed by atoms with Crippen molar-refractivity contribution in [2.24, 2.45) is 0 Å². The summed E-state index contributed by atoms with van der Waals surface area (Å²) in [5.74, 6) is -0.743. The number of methoxy groups -OCH3 is 2. The van der Waals surface area contributed by atoms with Gasteiger partial charge in [-0.2, -0.15) is 0 Å². The van der Waals surface area contributed by atoms with Crippen LogP contribution in [-0.4, -0.2) is 101 Å². The number of fused-ring (bicyclic) bond motifs is 2. The number of hydrogen-bond acceptors (Lipinski definition) is 9. The first-order valence-electron chi connectivity index (χ1n) is 14.3. The molecule has 2 aliphatic rings. The molecule has 2 unspecified atom stereocenters. The van der Waals surface area contributed by atoms with Crippen LogP contribution < -0.4 is 5.32 Å². The Bertz CT molecular complexity index is 1120. The average Bonchev–Trinajstić information content (AvgIpc) is 2.80. The van der Waals surface area contributed by atoms with Crippen LogP contribution in [0.5, 0.6) is 0 Å². The molecule has 1 N–H and O–H groups in total. The van der Waals surface area contributed by atoms with Crippen LogP contribution in [-0.2, 0) is 54.0 Å². The maximum absolute atomic E-state index is 13.7. The second-order valence-electron chi connectivity index (χ2n) is 14.1. The summed E-state index contributed by atoms with van der Waals surface area (Å²) in [5.41, 5.74) is -3.04. The van der Waals surface area contributed by atoms with Crippen molar-refractivity contribution >= 4 is 23.6 Å². The van der Waals surface area contributed by atoms with Gasteiger partial charge in [0.15, 0.2) is 0 Å². The van der Waals surface area contributed by atoms with E-state index in [0.717, 1.165) is 0 Å². The molecule has 0 spiro atoms. The van der Waals surface area contributed by atoms with Crippen molar-refractivity contribution in [1.29, 1.82) is 0 Å². The molecule has 13 heteroatoms. The van der Waals surface area contributed by atoms with Gasteiger partial charge in [0.1, 0.15) is 16.8 Å². The summed E-state index contributed by atoms with van der Waals surface area (Å²) in [5, 5.41) is 12.1. The molecular formula is C30H48CuN6O6. The van der Waals surface area contributed by atoms with Gasteiger partial charge in [0.25, 0.3) is 0 Å². The number of amides is 3. The Morgan fingerprint density at radius 3 is 1.56 bits per heavy atom. The number of anilines is 1. The Balaban J connectivity index is 0.00000645. The van der Waals surface area contributed by atoms with E-state index < -0.39 is 34.0 Å². The van der Waals surface area contributed by atoms with Gasteiger partial charge in [-0.25, -0.2) is 4.79 Å². The molecule has 0 saturated heterocycles. The second kappa shape index (κ2) is 13.4. The maximum Gasteiger partial charge on any atom is 2.00 e. The predicted octanol–water partition coefficient (Wildman–Crippen LogP) is 4.23. The molecule has 0 aliphatic carbocycles. The van der Waals surface area contributed by atoms with E-state index in [4.69, 9.17) is 19.2 Å². The van der Waals surface area contributed by atoms with Crippen molar-refractivity contribution in [2.75, 3.05) is 45.7 Å². The molecule has 245 valence electrons. The van der Waals surface area contributed by atoms with E-state index in [-0.39, 0.29) is 42.0 Å². The Morgan fingerprint density at radius 1 is 0.814 bits per heavy atom. The van der Waals surface area contributed by atoms with Crippen LogP contribution in [0.3, 0.4) is 0 Å². The summed E-state index contributed by atoms with van der Waals surface area (Å²) >= 11 is 0. The van der Waals surface area contributed by atoms with E-state index in [1.165, 1.54) is 14.2 Å². The molecule has 2 aliphatic heterocycles. The number of nitrogens with one attached hydrogen (secondary N) is 1. The fraction of sp³-hybridized carbons (Fsp3) is 0.733. The zero-order chi connectivity index (χ0) is 31.7. The van der Waals surface area contributed by atoms with Crippen LogP contribution >= 0.6 is 0 Å². The van der Waals surface area contributed by atoms with Gasteiger partial charge < -0.3 is 34.4 Å². The number of pyridine rings is 1. The van der Waals surface area contributed by atoms with Crippen molar-refractivity contribution < 1.29 is 45.7 Å². The summed E-state index contributed by atoms with van der Waals surface area (Å²) in [7, 11) is 2.99. The molecule has 3 heterocycles. The molecule has 3 rings (SSSR count). The molecule has 4 bridgehead atoms. The van der Waals surface area contributed by atoms with Crippen molar-refractivity contribution in [2.45, 2.75) is 103 Å². The zero-order valence-electron chi connectivity index (χ0n) is 27.4. The Kier molecular flexibility index (Phi) is 11.5. The average molecular weight is 652 g/mol. The largest absolute Gasteiger partial charge is 2.00 e. The first kappa shape index (κ1) is 36.9. The van der Waals surface area contributed by atoms with Crippen LogP contribution in [0.2, 0.25) is 0 Å². The zero-order valence-corrected chi connectivity index (χ0v) is 28.3. The van der Waals surface area contributed by atoms with Gasteiger partial charge in [-0.05, 0) is 59.8 Å². The molecule has 0 aromatic carbocycles. The number of rotatable bonds is 3.